The number of fused-ring (bicyclic) bond motifs is 1. The highest BCUT2D eigenvalue weighted by atomic mass is 32.2. The van der Waals surface area contributed by atoms with Gasteiger partial charge in [0.25, 0.3) is 21.9 Å². The number of hydrogen-bond acceptors (Lipinski definition) is 7. The maximum atomic E-state index is 14.0. The van der Waals surface area contributed by atoms with E-state index in [1.807, 2.05) is 0 Å². The van der Waals surface area contributed by atoms with Crippen LogP contribution in [-0.4, -0.2) is 48.3 Å². The number of nitrogens with zero attached hydrogens (tertiary/aromatic N) is 4. The molecule has 0 spiro atoms. The van der Waals surface area contributed by atoms with Crippen LogP contribution in [0.1, 0.15) is 23.8 Å². The molecule has 1 atom stereocenters. The highest BCUT2D eigenvalue weighted by Gasteiger charge is 2.42. The molecular formula is C20H19F3N6O3S. The Bertz CT molecular complexity index is 1350. The highest BCUT2D eigenvalue weighted by Crippen LogP contribution is 2.35. The number of benzene rings is 1. The molecule has 33 heavy (non-hydrogen) atoms. The van der Waals surface area contributed by atoms with Crippen molar-refractivity contribution in [3.05, 3.63) is 48.0 Å². The van der Waals surface area contributed by atoms with Gasteiger partial charge in [0.05, 0.1) is 11.0 Å². The second-order valence-corrected chi connectivity index (χ2v) is 9.28. The zero-order chi connectivity index (χ0) is 24.0. The average molecular weight is 480 g/mol. The van der Waals surface area contributed by atoms with Crippen molar-refractivity contribution in [1.29, 1.82) is 0 Å². The standard InChI is InChI=1S/C20H19F3N6O3S/c1-11-10-29(7-5-20(11,22)23)18-17(27-14-3-2-12(21)8-15(14)28-18)19(30)26-13-4-6-25-16(9-13)33(24,31)32/h2-4,6,8-9,11H,5,7,10H2,1H3,(H2,24,31,32)(H,25,26,30)/t11-/m1/s1. The molecule has 9 nitrogen and oxygen atoms in total. The Kier molecular flexibility index (Phi) is 5.70. The number of hydrogen-bond donors (Lipinski definition) is 2. The van der Waals surface area contributed by atoms with Crippen LogP contribution in [0.5, 0.6) is 0 Å². The molecule has 1 aliphatic rings. The number of carbonyl (C=O) groups excluding carboxylic acids is 1. The van der Waals surface area contributed by atoms with Gasteiger partial charge in [0.15, 0.2) is 16.5 Å². The van der Waals surface area contributed by atoms with Gasteiger partial charge < -0.3 is 10.2 Å². The zero-order valence-electron chi connectivity index (χ0n) is 17.3. The maximum absolute atomic E-state index is 14.0. The van der Waals surface area contributed by atoms with E-state index in [9.17, 15) is 26.4 Å². The number of anilines is 2. The molecule has 3 N–H and O–H groups in total. The number of nitrogens with one attached hydrogen (secondary N) is 1. The van der Waals surface area contributed by atoms with Gasteiger partial charge in [0, 0.05) is 49.4 Å². The Balaban J connectivity index is 1.75. The Labute approximate surface area is 186 Å². The molecule has 1 aliphatic heterocycles. The van der Waals surface area contributed by atoms with E-state index in [1.54, 1.807) is 0 Å². The second kappa shape index (κ2) is 8.23. The molecule has 1 fully saturated rings. The van der Waals surface area contributed by atoms with Crippen molar-refractivity contribution >= 4 is 38.5 Å². The van der Waals surface area contributed by atoms with Gasteiger partial charge in [0.2, 0.25) is 0 Å². The van der Waals surface area contributed by atoms with E-state index >= 15 is 0 Å². The van der Waals surface area contributed by atoms with E-state index in [0.717, 1.165) is 24.4 Å². The average Bonchev–Trinajstić information content (AvgIpc) is 2.74. The lowest BCUT2D eigenvalue weighted by Gasteiger charge is -2.37. The van der Waals surface area contributed by atoms with E-state index in [4.69, 9.17) is 5.14 Å². The lowest BCUT2D eigenvalue weighted by molar-refractivity contribution is -0.0652. The lowest BCUT2D eigenvalue weighted by Crippen LogP contribution is -2.46. The van der Waals surface area contributed by atoms with Crippen molar-refractivity contribution in [2.45, 2.75) is 24.3 Å². The third kappa shape index (κ3) is 4.73. The minimum atomic E-state index is -4.11. The molecule has 0 radical (unpaired) electrons. The molecule has 3 heterocycles. The molecule has 2 aromatic heterocycles. The van der Waals surface area contributed by atoms with E-state index in [-0.39, 0.29) is 41.3 Å². The molecule has 1 amide bonds. The minimum absolute atomic E-state index is 0.0219. The number of pyridine rings is 1. The molecular weight excluding hydrogens is 461 g/mol. The molecule has 0 aliphatic carbocycles. The highest BCUT2D eigenvalue weighted by molar-refractivity contribution is 7.89. The van der Waals surface area contributed by atoms with Crippen LogP contribution in [0.4, 0.5) is 24.7 Å². The fourth-order valence-corrected chi connectivity index (χ4v) is 4.00. The number of primary sulfonamides is 1. The normalized spacial score (nSPS) is 18.3. The third-order valence-corrected chi connectivity index (χ3v) is 6.14. The number of carbonyl (C=O) groups is 1. The molecule has 0 bridgehead atoms. The van der Waals surface area contributed by atoms with Crippen LogP contribution in [0, 0.1) is 11.7 Å². The van der Waals surface area contributed by atoms with Gasteiger partial charge in [-0.3, -0.25) is 4.79 Å². The summed E-state index contributed by atoms with van der Waals surface area (Å²) in [5.74, 6) is -5.18. The number of nitrogens with two attached hydrogens (primary N) is 1. The summed E-state index contributed by atoms with van der Waals surface area (Å²) in [6, 6.07) is 6.05. The van der Waals surface area contributed by atoms with Crippen LogP contribution in [0.25, 0.3) is 11.0 Å². The fraction of sp³-hybridized carbons (Fsp3) is 0.300. The lowest BCUT2D eigenvalue weighted by atomic mass is 9.95. The van der Waals surface area contributed by atoms with Crippen LogP contribution in [0.3, 0.4) is 0 Å². The van der Waals surface area contributed by atoms with E-state index in [1.165, 1.54) is 24.0 Å². The number of aromatic nitrogens is 3. The summed E-state index contributed by atoms with van der Waals surface area (Å²) < 4.78 is 64.8. The Hall–Kier alpha value is -3.32. The van der Waals surface area contributed by atoms with Gasteiger partial charge >= 0.3 is 0 Å². The van der Waals surface area contributed by atoms with Crippen LogP contribution >= 0.6 is 0 Å². The van der Waals surface area contributed by atoms with Gasteiger partial charge in [-0.15, -0.1) is 0 Å². The van der Waals surface area contributed by atoms with Crippen molar-refractivity contribution in [2.75, 3.05) is 23.3 Å². The fourth-order valence-electron chi connectivity index (χ4n) is 3.50. The SMILES string of the molecule is C[C@@H]1CN(c2nc3cc(F)ccc3nc2C(=O)Nc2ccnc(S(N)(=O)=O)c2)CCC1(F)F. The molecule has 0 unspecified atom stereocenters. The van der Waals surface area contributed by atoms with Gasteiger partial charge in [-0.25, -0.2) is 41.7 Å². The van der Waals surface area contributed by atoms with Crippen molar-refractivity contribution < 1.29 is 26.4 Å². The van der Waals surface area contributed by atoms with Gasteiger partial charge in [-0.1, -0.05) is 6.92 Å². The van der Waals surface area contributed by atoms with Crippen molar-refractivity contribution in [1.82, 2.24) is 15.0 Å². The summed E-state index contributed by atoms with van der Waals surface area (Å²) in [6.45, 7) is 1.22. The molecule has 1 aromatic carbocycles. The number of amides is 1. The van der Waals surface area contributed by atoms with Crippen LogP contribution in [0.15, 0.2) is 41.6 Å². The first-order valence-electron chi connectivity index (χ1n) is 9.84. The smallest absolute Gasteiger partial charge is 0.278 e. The summed E-state index contributed by atoms with van der Waals surface area (Å²) in [5.41, 5.74) is 0.276. The molecule has 13 heteroatoms. The van der Waals surface area contributed by atoms with E-state index in [0.29, 0.717) is 0 Å². The number of halogens is 3. The molecule has 1 saturated heterocycles. The maximum Gasteiger partial charge on any atom is 0.278 e. The zero-order valence-corrected chi connectivity index (χ0v) is 18.1. The first kappa shape index (κ1) is 22.9. The first-order valence-corrected chi connectivity index (χ1v) is 11.4. The molecule has 0 saturated carbocycles. The summed E-state index contributed by atoms with van der Waals surface area (Å²) in [6.07, 6.45) is 0.708. The van der Waals surface area contributed by atoms with Crippen LogP contribution in [-0.2, 0) is 10.0 Å². The Morgan fingerprint density at radius 2 is 1.97 bits per heavy atom. The number of sulfonamides is 1. The quantitative estimate of drug-likeness (QED) is 0.587. The summed E-state index contributed by atoms with van der Waals surface area (Å²) in [7, 11) is -4.11. The van der Waals surface area contributed by atoms with Gasteiger partial charge in [-0.2, -0.15) is 0 Å². The molecule has 174 valence electrons. The molecule has 3 aromatic rings. The van der Waals surface area contributed by atoms with Crippen LogP contribution in [0.2, 0.25) is 0 Å². The summed E-state index contributed by atoms with van der Waals surface area (Å²) in [5, 5.41) is 7.13. The summed E-state index contributed by atoms with van der Waals surface area (Å²) in [4.78, 5) is 26.9. The Morgan fingerprint density at radius 1 is 1.21 bits per heavy atom. The topological polar surface area (TPSA) is 131 Å². The van der Waals surface area contributed by atoms with Gasteiger partial charge in [-0.05, 0) is 18.2 Å². The largest absolute Gasteiger partial charge is 0.354 e. The number of rotatable bonds is 4. The minimum Gasteiger partial charge on any atom is -0.354 e. The predicted octanol–water partition coefficient (Wildman–Crippen LogP) is 2.55. The van der Waals surface area contributed by atoms with E-state index < -0.39 is 45.0 Å². The van der Waals surface area contributed by atoms with Crippen molar-refractivity contribution in [3.8, 4) is 0 Å². The number of alkyl halides is 2. The third-order valence-electron chi connectivity index (χ3n) is 5.34. The summed E-state index contributed by atoms with van der Waals surface area (Å²) >= 11 is 0. The number of piperidine rings is 1. The van der Waals surface area contributed by atoms with Gasteiger partial charge in [0.1, 0.15) is 5.82 Å². The Morgan fingerprint density at radius 3 is 2.67 bits per heavy atom. The van der Waals surface area contributed by atoms with Crippen molar-refractivity contribution in [3.63, 3.8) is 0 Å². The van der Waals surface area contributed by atoms with Crippen LogP contribution < -0.4 is 15.4 Å². The predicted molar refractivity (Wildman–Crippen MR) is 114 cm³/mol. The monoisotopic (exact) mass is 480 g/mol. The van der Waals surface area contributed by atoms with Crippen molar-refractivity contribution in [2.24, 2.45) is 11.1 Å². The first-order chi connectivity index (χ1) is 15.4. The molecule has 4 rings (SSSR count). The van der Waals surface area contributed by atoms with E-state index in [2.05, 4.69) is 20.3 Å². The second-order valence-electron chi connectivity index (χ2n) is 7.77.